The van der Waals surface area contributed by atoms with E-state index in [1.54, 1.807) is 6.08 Å². The highest BCUT2D eigenvalue weighted by atomic mass is 16.3. The highest BCUT2D eigenvalue weighted by molar-refractivity contribution is 5.66. The summed E-state index contributed by atoms with van der Waals surface area (Å²) in [5.41, 5.74) is 1.30. The standard InChI is InChI=1S/C11H16O4/c12-4-1-2-9-10(14)6-8(3-5-13)7-11(9)15/h2-3,5,10-12,14-15H,1,4,6-7H2/t10-,11-/m1/s1. The van der Waals surface area contributed by atoms with Crippen molar-refractivity contribution in [2.24, 2.45) is 0 Å². The van der Waals surface area contributed by atoms with Crippen LogP contribution in [0, 0.1) is 0 Å². The van der Waals surface area contributed by atoms with Crippen LogP contribution in [0.1, 0.15) is 19.3 Å². The zero-order chi connectivity index (χ0) is 11.3. The topological polar surface area (TPSA) is 77.8 Å². The van der Waals surface area contributed by atoms with Gasteiger partial charge in [-0.2, -0.15) is 0 Å². The van der Waals surface area contributed by atoms with Gasteiger partial charge in [-0.25, -0.2) is 0 Å². The Hall–Kier alpha value is -0.970. The van der Waals surface area contributed by atoms with Gasteiger partial charge in [-0.1, -0.05) is 11.6 Å². The monoisotopic (exact) mass is 212 g/mol. The molecule has 4 heteroatoms. The number of aliphatic hydroxyl groups is 3. The van der Waals surface area contributed by atoms with E-state index >= 15 is 0 Å². The normalized spacial score (nSPS) is 26.3. The fraction of sp³-hybridized carbons (Fsp3) is 0.545. The lowest BCUT2D eigenvalue weighted by molar-refractivity contribution is -0.104. The maximum absolute atomic E-state index is 10.3. The molecule has 4 nitrogen and oxygen atoms in total. The van der Waals surface area contributed by atoms with Crippen molar-refractivity contribution in [3.8, 4) is 0 Å². The van der Waals surface area contributed by atoms with Gasteiger partial charge in [0, 0.05) is 6.61 Å². The first kappa shape index (κ1) is 12.1. The number of allylic oxidation sites excluding steroid dienone is 1. The molecule has 0 aromatic rings. The Bertz CT molecular complexity index is 264. The van der Waals surface area contributed by atoms with Crippen molar-refractivity contribution in [2.45, 2.75) is 31.5 Å². The number of rotatable bonds is 3. The average molecular weight is 212 g/mol. The van der Waals surface area contributed by atoms with E-state index in [0.717, 1.165) is 5.57 Å². The lowest BCUT2D eigenvalue weighted by Gasteiger charge is -2.28. The lowest BCUT2D eigenvalue weighted by Crippen LogP contribution is -2.29. The van der Waals surface area contributed by atoms with Crippen molar-refractivity contribution in [3.63, 3.8) is 0 Å². The second-order valence-electron chi connectivity index (χ2n) is 3.62. The summed E-state index contributed by atoms with van der Waals surface area (Å²) in [7, 11) is 0. The molecule has 0 saturated heterocycles. The molecule has 15 heavy (non-hydrogen) atoms. The van der Waals surface area contributed by atoms with Gasteiger partial charge in [0.05, 0.1) is 12.2 Å². The Balaban J connectivity index is 2.72. The quantitative estimate of drug-likeness (QED) is 0.348. The summed E-state index contributed by atoms with van der Waals surface area (Å²) in [4.78, 5) is 10.3. The van der Waals surface area contributed by atoms with E-state index in [2.05, 4.69) is 0 Å². The summed E-state index contributed by atoms with van der Waals surface area (Å²) in [6.07, 6.45) is 3.41. The van der Waals surface area contributed by atoms with Gasteiger partial charge in [-0.3, -0.25) is 4.79 Å². The fourth-order valence-electron chi connectivity index (χ4n) is 1.77. The molecule has 1 fully saturated rings. The van der Waals surface area contributed by atoms with Gasteiger partial charge in [-0.05, 0) is 30.9 Å². The second kappa shape index (κ2) is 5.80. The second-order valence-corrected chi connectivity index (χ2v) is 3.62. The Labute approximate surface area is 88.5 Å². The molecule has 0 amide bonds. The van der Waals surface area contributed by atoms with E-state index in [1.807, 2.05) is 0 Å². The number of aliphatic hydroxyl groups excluding tert-OH is 3. The summed E-state index contributed by atoms with van der Waals surface area (Å²) >= 11 is 0. The average Bonchev–Trinajstić information content (AvgIpc) is 2.17. The van der Waals surface area contributed by atoms with Crippen LogP contribution < -0.4 is 0 Å². The molecule has 1 saturated carbocycles. The minimum absolute atomic E-state index is 0.0000256. The van der Waals surface area contributed by atoms with Gasteiger partial charge in [0.1, 0.15) is 6.29 Å². The molecule has 3 N–H and O–H groups in total. The minimum Gasteiger partial charge on any atom is -0.396 e. The van der Waals surface area contributed by atoms with E-state index in [0.29, 0.717) is 31.1 Å². The molecule has 0 aromatic heterocycles. The molecule has 0 unspecified atom stereocenters. The molecule has 0 aromatic carbocycles. The van der Waals surface area contributed by atoms with E-state index in [4.69, 9.17) is 5.11 Å². The van der Waals surface area contributed by atoms with Gasteiger partial charge in [0.25, 0.3) is 0 Å². The summed E-state index contributed by atoms with van der Waals surface area (Å²) in [6, 6.07) is 0. The molecule has 2 atom stereocenters. The first-order valence-corrected chi connectivity index (χ1v) is 4.99. The molecule has 0 radical (unpaired) electrons. The molecule has 0 heterocycles. The van der Waals surface area contributed by atoms with E-state index in [-0.39, 0.29) is 6.61 Å². The molecule has 0 aliphatic heterocycles. The van der Waals surface area contributed by atoms with Crippen molar-refractivity contribution in [3.05, 3.63) is 23.3 Å². The van der Waals surface area contributed by atoms with Crippen LogP contribution in [0.25, 0.3) is 0 Å². The number of aldehydes is 1. The molecule has 1 aliphatic carbocycles. The third-order valence-corrected chi connectivity index (χ3v) is 2.49. The smallest absolute Gasteiger partial charge is 0.142 e. The number of carbonyl (C=O) groups is 1. The zero-order valence-electron chi connectivity index (χ0n) is 8.47. The van der Waals surface area contributed by atoms with Gasteiger partial charge < -0.3 is 15.3 Å². The van der Waals surface area contributed by atoms with Gasteiger partial charge in [0.2, 0.25) is 0 Å². The summed E-state index contributed by atoms with van der Waals surface area (Å²) in [5, 5.41) is 28.0. The first-order valence-electron chi connectivity index (χ1n) is 4.99. The Morgan fingerprint density at radius 1 is 1.27 bits per heavy atom. The minimum atomic E-state index is -0.744. The Morgan fingerprint density at radius 3 is 2.33 bits per heavy atom. The van der Waals surface area contributed by atoms with Crippen molar-refractivity contribution in [2.75, 3.05) is 6.61 Å². The maximum atomic E-state index is 10.3. The van der Waals surface area contributed by atoms with Crippen molar-refractivity contribution >= 4 is 6.29 Å². The largest absolute Gasteiger partial charge is 0.396 e. The van der Waals surface area contributed by atoms with E-state index in [9.17, 15) is 15.0 Å². The highest BCUT2D eigenvalue weighted by Gasteiger charge is 2.26. The van der Waals surface area contributed by atoms with Crippen LogP contribution in [0.2, 0.25) is 0 Å². The van der Waals surface area contributed by atoms with Crippen LogP contribution >= 0.6 is 0 Å². The zero-order valence-corrected chi connectivity index (χ0v) is 8.47. The molecule has 84 valence electrons. The van der Waals surface area contributed by atoms with Crippen LogP contribution in [0.3, 0.4) is 0 Å². The maximum Gasteiger partial charge on any atom is 0.142 e. The fourth-order valence-corrected chi connectivity index (χ4v) is 1.77. The summed E-state index contributed by atoms with van der Waals surface area (Å²) in [6.45, 7) is -0.0000256. The van der Waals surface area contributed by atoms with Gasteiger partial charge >= 0.3 is 0 Å². The summed E-state index contributed by atoms with van der Waals surface area (Å²) < 4.78 is 0. The molecular formula is C11H16O4. The van der Waals surface area contributed by atoms with Crippen LogP contribution in [0.4, 0.5) is 0 Å². The van der Waals surface area contributed by atoms with E-state index < -0.39 is 12.2 Å². The number of hydrogen-bond donors (Lipinski definition) is 3. The van der Waals surface area contributed by atoms with Crippen molar-refractivity contribution < 1.29 is 20.1 Å². The summed E-state index contributed by atoms with van der Waals surface area (Å²) in [5.74, 6) is 0. The molecular weight excluding hydrogens is 196 g/mol. The van der Waals surface area contributed by atoms with Gasteiger partial charge in [0.15, 0.2) is 0 Å². The predicted molar refractivity (Wildman–Crippen MR) is 55.2 cm³/mol. The van der Waals surface area contributed by atoms with Crippen molar-refractivity contribution in [1.82, 2.24) is 0 Å². The SMILES string of the molecule is O=CC=C1C[C@@H](O)C(=CCCO)[C@H](O)C1. The molecule has 0 bridgehead atoms. The Kier molecular flexibility index (Phi) is 4.68. The highest BCUT2D eigenvalue weighted by Crippen LogP contribution is 2.28. The van der Waals surface area contributed by atoms with Crippen LogP contribution in [0.5, 0.6) is 0 Å². The van der Waals surface area contributed by atoms with Crippen LogP contribution in [-0.4, -0.2) is 40.4 Å². The third-order valence-electron chi connectivity index (χ3n) is 2.49. The van der Waals surface area contributed by atoms with Crippen LogP contribution in [0.15, 0.2) is 23.3 Å². The van der Waals surface area contributed by atoms with Crippen LogP contribution in [-0.2, 0) is 4.79 Å². The third kappa shape index (κ3) is 3.27. The Morgan fingerprint density at radius 2 is 1.87 bits per heavy atom. The number of hydrogen-bond acceptors (Lipinski definition) is 4. The van der Waals surface area contributed by atoms with Crippen molar-refractivity contribution in [1.29, 1.82) is 0 Å². The van der Waals surface area contributed by atoms with E-state index in [1.165, 1.54) is 6.08 Å². The molecule has 0 spiro atoms. The first-order chi connectivity index (χ1) is 7.19. The predicted octanol–water partition coefficient (Wildman–Crippen LogP) is -0.0639. The number of carbonyl (C=O) groups excluding carboxylic acids is 1. The molecule has 1 rings (SSSR count). The van der Waals surface area contributed by atoms with Gasteiger partial charge in [-0.15, -0.1) is 0 Å². The lowest BCUT2D eigenvalue weighted by atomic mass is 9.85. The molecule has 1 aliphatic rings.